The Bertz CT molecular complexity index is 1170. The summed E-state index contributed by atoms with van der Waals surface area (Å²) in [7, 11) is 0. The van der Waals surface area contributed by atoms with E-state index in [-0.39, 0.29) is 5.56 Å². The maximum absolute atomic E-state index is 12.7. The van der Waals surface area contributed by atoms with Crippen molar-refractivity contribution in [2.24, 2.45) is 5.10 Å². The zero-order chi connectivity index (χ0) is 17.4. The Kier molecular flexibility index (Phi) is 3.69. The van der Waals surface area contributed by atoms with Crippen LogP contribution < -0.4 is 5.56 Å². The summed E-state index contributed by atoms with van der Waals surface area (Å²) in [5.41, 5.74) is 3.86. The summed E-state index contributed by atoms with van der Waals surface area (Å²) < 4.78 is 1.35. The van der Waals surface area contributed by atoms with Gasteiger partial charge in [-0.15, -0.1) is 0 Å². The molecule has 0 saturated carbocycles. The monoisotopic (exact) mass is 330 g/mol. The van der Waals surface area contributed by atoms with E-state index in [9.17, 15) is 4.79 Å². The van der Waals surface area contributed by atoms with E-state index in [1.165, 1.54) is 10.2 Å². The van der Waals surface area contributed by atoms with Crippen molar-refractivity contribution in [3.05, 3.63) is 76.0 Å². The zero-order valence-electron chi connectivity index (χ0n) is 14.2. The molecule has 2 heterocycles. The van der Waals surface area contributed by atoms with Gasteiger partial charge in [0.1, 0.15) is 5.82 Å². The minimum absolute atomic E-state index is 0.159. The summed E-state index contributed by atoms with van der Waals surface area (Å²) in [6, 6.07) is 13.5. The van der Waals surface area contributed by atoms with Crippen LogP contribution in [0.5, 0.6) is 0 Å². The number of fused-ring (bicyclic) bond motifs is 2. The van der Waals surface area contributed by atoms with Gasteiger partial charge in [0.05, 0.1) is 17.1 Å². The highest BCUT2D eigenvalue weighted by molar-refractivity contribution is 6.00. The van der Waals surface area contributed by atoms with Crippen molar-refractivity contribution < 1.29 is 0 Å². The molecule has 0 radical (unpaired) electrons. The van der Waals surface area contributed by atoms with Gasteiger partial charge in [0.2, 0.25) is 0 Å². The van der Waals surface area contributed by atoms with E-state index < -0.39 is 0 Å². The lowest BCUT2D eigenvalue weighted by atomic mass is 10.1. The zero-order valence-corrected chi connectivity index (χ0v) is 14.2. The summed E-state index contributed by atoms with van der Waals surface area (Å²) in [6.45, 7) is 3.92. The first-order chi connectivity index (χ1) is 12.2. The number of nitrogens with one attached hydrogen (secondary N) is 1. The van der Waals surface area contributed by atoms with E-state index in [4.69, 9.17) is 0 Å². The van der Waals surface area contributed by atoms with Crippen molar-refractivity contribution in [3.8, 4) is 0 Å². The molecule has 0 amide bonds. The number of hydrogen-bond donors (Lipinski definition) is 1. The highest BCUT2D eigenvalue weighted by atomic mass is 16.1. The Morgan fingerprint density at radius 1 is 1.16 bits per heavy atom. The van der Waals surface area contributed by atoms with Crippen LogP contribution in [0.3, 0.4) is 0 Å². The van der Waals surface area contributed by atoms with Gasteiger partial charge < -0.3 is 4.98 Å². The fourth-order valence-corrected chi connectivity index (χ4v) is 3.13. The van der Waals surface area contributed by atoms with Crippen molar-refractivity contribution in [2.75, 3.05) is 0 Å². The summed E-state index contributed by atoms with van der Waals surface area (Å²) in [5, 5.41) is 6.07. The number of H-pyrrole nitrogens is 1. The second-order valence-electron chi connectivity index (χ2n) is 5.97. The van der Waals surface area contributed by atoms with Crippen LogP contribution >= 0.6 is 0 Å². The molecule has 0 aliphatic heterocycles. The summed E-state index contributed by atoms with van der Waals surface area (Å²) in [4.78, 5) is 20.5. The molecule has 124 valence electrons. The molecule has 4 aromatic rings. The Labute approximate surface area is 144 Å². The van der Waals surface area contributed by atoms with Gasteiger partial charge in [-0.2, -0.15) is 9.78 Å². The molecule has 5 heteroatoms. The minimum Gasteiger partial charge on any atom is -0.360 e. The summed E-state index contributed by atoms with van der Waals surface area (Å²) >= 11 is 0. The van der Waals surface area contributed by atoms with Crippen molar-refractivity contribution in [1.82, 2.24) is 14.6 Å². The molecule has 0 aliphatic carbocycles. The fraction of sp³-hybridized carbons (Fsp3) is 0.150. The number of nitrogens with zero attached hydrogens (tertiary/aromatic N) is 3. The Balaban J connectivity index is 1.83. The van der Waals surface area contributed by atoms with Crippen LogP contribution in [-0.4, -0.2) is 20.9 Å². The third-order valence-electron chi connectivity index (χ3n) is 4.44. The Morgan fingerprint density at radius 3 is 2.80 bits per heavy atom. The SMILES string of the molecule is CCc1cccc2c(/C=N/n3c(C)nc4ccccc4c3=O)c[nH]c12. The molecular weight excluding hydrogens is 312 g/mol. The van der Waals surface area contributed by atoms with Crippen molar-refractivity contribution in [2.45, 2.75) is 20.3 Å². The molecule has 0 fully saturated rings. The number of aryl methyl sites for hydroxylation is 2. The summed E-state index contributed by atoms with van der Waals surface area (Å²) in [6.07, 6.45) is 4.59. The number of hydrogen-bond acceptors (Lipinski definition) is 3. The average molecular weight is 330 g/mol. The first-order valence-electron chi connectivity index (χ1n) is 8.30. The fourth-order valence-electron chi connectivity index (χ4n) is 3.13. The van der Waals surface area contributed by atoms with Crippen molar-refractivity contribution >= 4 is 28.0 Å². The van der Waals surface area contributed by atoms with Crippen LogP contribution in [0, 0.1) is 6.92 Å². The first-order valence-corrected chi connectivity index (χ1v) is 8.30. The molecule has 0 saturated heterocycles. The smallest absolute Gasteiger partial charge is 0.282 e. The largest absolute Gasteiger partial charge is 0.360 e. The lowest BCUT2D eigenvalue weighted by molar-refractivity contribution is 0.771. The highest BCUT2D eigenvalue weighted by Crippen LogP contribution is 2.21. The van der Waals surface area contributed by atoms with Gasteiger partial charge in [0, 0.05) is 22.7 Å². The maximum Gasteiger partial charge on any atom is 0.282 e. The molecule has 2 aromatic carbocycles. The van der Waals surface area contributed by atoms with Gasteiger partial charge in [-0.3, -0.25) is 4.79 Å². The van der Waals surface area contributed by atoms with Crippen molar-refractivity contribution in [1.29, 1.82) is 0 Å². The molecule has 4 rings (SSSR count). The van der Waals surface area contributed by atoms with E-state index in [2.05, 4.69) is 34.1 Å². The van der Waals surface area contributed by atoms with E-state index in [1.54, 1.807) is 19.2 Å². The van der Waals surface area contributed by atoms with E-state index in [1.807, 2.05) is 30.5 Å². The molecule has 1 N–H and O–H groups in total. The average Bonchev–Trinajstić information content (AvgIpc) is 3.05. The van der Waals surface area contributed by atoms with Gasteiger partial charge in [-0.25, -0.2) is 4.98 Å². The Hall–Kier alpha value is -3.21. The van der Waals surface area contributed by atoms with Gasteiger partial charge >= 0.3 is 0 Å². The Morgan fingerprint density at radius 2 is 1.96 bits per heavy atom. The molecule has 0 spiro atoms. The molecule has 0 aliphatic rings. The second-order valence-corrected chi connectivity index (χ2v) is 5.97. The summed E-state index contributed by atoms with van der Waals surface area (Å²) in [5.74, 6) is 0.564. The van der Waals surface area contributed by atoms with Crippen LogP contribution in [0.25, 0.3) is 21.8 Å². The van der Waals surface area contributed by atoms with E-state index in [0.29, 0.717) is 16.7 Å². The van der Waals surface area contributed by atoms with Crippen LogP contribution in [0.1, 0.15) is 23.9 Å². The third-order valence-corrected chi connectivity index (χ3v) is 4.44. The van der Waals surface area contributed by atoms with Crippen LogP contribution in [0.15, 0.2) is 58.6 Å². The van der Waals surface area contributed by atoms with E-state index >= 15 is 0 Å². The number of para-hydroxylation sites is 2. The predicted octanol–water partition coefficient (Wildman–Crippen LogP) is 3.63. The minimum atomic E-state index is -0.159. The van der Waals surface area contributed by atoms with Gasteiger partial charge in [0.25, 0.3) is 5.56 Å². The van der Waals surface area contributed by atoms with Crippen LogP contribution in [0.4, 0.5) is 0 Å². The maximum atomic E-state index is 12.7. The number of benzene rings is 2. The van der Waals surface area contributed by atoms with Crippen LogP contribution in [0.2, 0.25) is 0 Å². The second kappa shape index (κ2) is 6.02. The lowest BCUT2D eigenvalue weighted by Crippen LogP contribution is -2.20. The molecule has 2 aromatic heterocycles. The van der Waals surface area contributed by atoms with E-state index in [0.717, 1.165) is 22.9 Å². The normalized spacial score (nSPS) is 11.8. The number of aromatic nitrogens is 3. The van der Waals surface area contributed by atoms with Gasteiger partial charge in [-0.1, -0.05) is 37.3 Å². The highest BCUT2D eigenvalue weighted by Gasteiger charge is 2.08. The molecule has 0 bridgehead atoms. The topological polar surface area (TPSA) is 63.0 Å². The third kappa shape index (κ3) is 2.54. The molecule has 25 heavy (non-hydrogen) atoms. The lowest BCUT2D eigenvalue weighted by Gasteiger charge is -2.05. The van der Waals surface area contributed by atoms with Gasteiger partial charge in [0.15, 0.2) is 0 Å². The standard InChI is InChI=1S/C20H18N4O/c1-3-14-7-6-9-16-15(11-21-19(14)16)12-22-24-13(2)23-18-10-5-4-8-17(18)20(24)25/h4-12,21H,3H2,1-2H3/b22-12+. The predicted molar refractivity (Wildman–Crippen MR) is 101 cm³/mol. The quantitative estimate of drug-likeness (QED) is 0.583. The molecule has 5 nitrogen and oxygen atoms in total. The molecule has 0 unspecified atom stereocenters. The number of aromatic amines is 1. The molecular formula is C20H18N4O. The molecule has 0 atom stereocenters. The van der Waals surface area contributed by atoms with Gasteiger partial charge in [-0.05, 0) is 31.0 Å². The first kappa shape index (κ1) is 15.3. The number of rotatable bonds is 3. The van der Waals surface area contributed by atoms with Crippen LogP contribution in [-0.2, 0) is 6.42 Å². The van der Waals surface area contributed by atoms with Crippen molar-refractivity contribution in [3.63, 3.8) is 0 Å².